The van der Waals surface area contributed by atoms with E-state index in [-0.39, 0.29) is 18.5 Å². The van der Waals surface area contributed by atoms with Crippen LogP contribution in [0.4, 0.5) is 0 Å². The highest BCUT2D eigenvalue weighted by Crippen LogP contribution is 2.20. The van der Waals surface area contributed by atoms with Crippen molar-refractivity contribution in [2.45, 2.75) is 450 Å². The summed E-state index contributed by atoms with van der Waals surface area (Å²) in [6.45, 7) is 4.99. The summed E-state index contributed by atoms with van der Waals surface area (Å²) in [5.74, 6) is -0.0113. The lowest BCUT2D eigenvalue weighted by Gasteiger charge is -2.22. The van der Waals surface area contributed by atoms with Crippen molar-refractivity contribution in [1.82, 2.24) is 5.32 Å². The lowest BCUT2D eigenvalue weighted by Crippen LogP contribution is -2.45. The fourth-order valence-corrected chi connectivity index (χ4v) is 12.3. The molecule has 0 bridgehead atoms. The van der Waals surface area contributed by atoms with Gasteiger partial charge in [0.25, 0.3) is 0 Å². The van der Waals surface area contributed by atoms with Crippen molar-refractivity contribution >= 4 is 11.9 Å². The van der Waals surface area contributed by atoms with E-state index < -0.39 is 12.1 Å². The molecule has 0 rings (SSSR count). The molecule has 0 aliphatic rings. The largest absolute Gasteiger partial charge is 0.466 e. The molecule has 1 amide bonds. The van der Waals surface area contributed by atoms with Gasteiger partial charge in [0, 0.05) is 12.8 Å². The lowest BCUT2D eigenvalue weighted by molar-refractivity contribution is -0.143. The maximum absolute atomic E-state index is 12.5. The first-order chi connectivity index (χ1) is 40.5. The monoisotopic (exact) mass is 1160 g/mol. The Balaban J connectivity index is 3.31. The number of unbranched alkanes of at least 4 members (excludes halogenated alkanes) is 59. The Bertz CT molecular complexity index is 1240. The Hall–Kier alpha value is -1.40. The fourth-order valence-electron chi connectivity index (χ4n) is 12.3. The third kappa shape index (κ3) is 67.7. The number of rotatable bonds is 72. The Labute approximate surface area is 514 Å². The predicted octanol–water partition coefficient (Wildman–Crippen LogP) is 24.7. The zero-order valence-electron chi connectivity index (χ0n) is 56.0. The summed E-state index contributed by atoms with van der Waals surface area (Å²) in [4.78, 5) is 24.6. The van der Waals surface area contributed by atoms with E-state index in [0.717, 1.165) is 44.9 Å². The van der Waals surface area contributed by atoms with Gasteiger partial charge < -0.3 is 20.3 Å². The molecule has 6 nitrogen and oxygen atoms in total. The second-order valence-corrected chi connectivity index (χ2v) is 26.3. The maximum atomic E-state index is 12.5. The minimum absolute atomic E-state index is 0.0142. The molecule has 3 N–H and O–H groups in total. The first kappa shape index (κ1) is 80.6. The van der Waals surface area contributed by atoms with Crippen molar-refractivity contribution in [2.75, 3.05) is 13.2 Å². The summed E-state index contributed by atoms with van der Waals surface area (Å²) in [5.41, 5.74) is 0. The van der Waals surface area contributed by atoms with E-state index in [0.29, 0.717) is 25.9 Å². The molecule has 0 saturated carbocycles. The quantitative estimate of drug-likeness (QED) is 0.0320. The third-order valence-corrected chi connectivity index (χ3v) is 18.1. The van der Waals surface area contributed by atoms with Crippen molar-refractivity contribution < 1.29 is 24.5 Å². The molecule has 2 unspecified atom stereocenters. The standard InChI is InChI=1S/C76H149NO5/c1-3-5-7-9-11-13-15-17-19-20-38-41-44-48-52-56-60-64-68-74(79)73(72-78)77-75(80)69-65-61-57-53-49-45-42-39-36-34-32-30-28-26-24-22-21-23-25-27-29-31-33-35-37-40-43-47-51-55-59-63-67-71-82-76(81)70-66-62-58-54-50-46-18-16-14-12-10-8-6-4-2/h16,18,73-74,78-79H,3-15,17,19-72H2,1-2H3,(H,77,80)/b18-16-. The first-order valence-corrected chi connectivity index (χ1v) is 37.9. The first-order valence-electron chi connectivity index (χ1n) is 37.9. The molecule has 0 fully saturated rings. The Morgan fingerprint density at radius 3 is 0.866 bits per heavy atom. The van der Waals surface area contributed by atoms with Crippen LogP contribution >= 0.6 is 0 Å². The zero-order chi connectivity index (χ0) is 59.2. The Morgan fingerprint density at radius 1 is 0.329 bits per heavy atom. The summed E-state index contributed by atoms with van der Waals surface area (Å²) >= 11 is 0. The lowest BCUT2D eigenvalue weighted by atomic mass is 10.0. The van der Waals surface area contributed by atoms with Crippen LogP contribution in [0.5, 0.6) is 0 Å². The summed E-state index contributed by atoms with van der Waals surface area (Å²) in [5, 5.41) is 23.4. The summed E-state index contributed by atoms with van der Waals surface area (Å²) in [7, 11) is 0. The van der Waals surface area contributed by atoms with Crippen molar-refractivity contribution in [3.05, 3.63) is 12.2 Å². The van der Waals surface area contributed by atoms with E-state index in [4.69, 9.17) is 4.74 Å². The molecule has 0 spiro atoms. The van der Waals surface area contributed by atoms with Gasteiger partial charge in [-0.2, -0.15) is 0 Å². The zero-order valence-corrected chi connectivity index (χ0v) is 56.0. The van der Waals surface area contributed by atoms with Gasteiger partial charge in [-0.15, -0.1) is 0 Å². The van der Waals surface area contributed by atoms with Gasteiger partial charge in [-0.05, 0) is 51.4 Å². The maximum Gasteiger partial charge on any atom is 0.305 e. The molecule has 6 heteroatoms. The molecule has 0 aromatic rings. The normalized spacial score (nSPS) is 12.5. The number of carbonyl (C=O) groups is 2. The van der Waals surface area contributed by atoms with Crippen LogP contribution in [0.3, 0.4) is 0 Å². The minimum Gasteiger partial charge on any atom is -0.466 e. The van der Waals surface area contributed by atoms with E-state index in [1.807, 2.05) is 0 Å². The average molecular weight is 1160 g/mol. The third-order valence-electron chi connectivity index (χ3n) is 18.1. The molecular weight excluding hydrogens is 1010 g/mol. The highest BCUT2D eigenvalue weighted by atomic mass is 16.5. The van der Waals surface area contributed by atoms with Gasteiger partial charge in [0.05, 0.1) is 25.4 Å². The van der Waals surface area contributed by atoms with E-state index in [9.17, 15) is 19.8 Å². The average Bonchev–Trinajstić information content (AvgIpc) is 3.48. The van der Waals surface area contributed by atoms with Gasteiger partial charge >= 0.3 is 5.97 Å². The summed E-state index contributed by atoms with van der Waals surface area (Å²) < 4.78 is 5.49. The molecule has 2 atom stereocenters. The van der Waals surface area contributed by atoms with E-state index in [1.165, 1.54) is 360 Å². The molecule has 488 valence electrons. The smallest absolute Gasteiger partial charge is 0.305 e. The van der Waals surface area contributed by atoms with Gasteiger partial charge in [0.15, 0.2) is 0 Å². The van der Waals surface area contributed by atoms with Crippen molar-refractivity contribution in [3.8, 4) is 0 Å². The number of ether oxygens (including phenoxy) is 1. The van der Waals surface area contributed by atoms with Crippen LogP contribution in [0, 0.1) is 0 Å². The van der Waals surface area contributed by atoms with Crippen LogP contribution in [0.25, 0.3) is 0 Å². The van der Waals surface area contributed by atoms with Gasteiger partial charge in [0.1, 0.15) is 0 Å². The van der Waals surface area contributed by atoms with Gasteiger partial charge in [-0.1, -0.05) is 386 Å². The molecule has 0 aliphatic heterocycles. The van der Waals surface area contributed by atoms with Gasteiger partial charge in [-0.3, -0.25) is 9.59 Å². The molecular formula is C76H149NO5. The van der Waals surface area contributed by atoms with Crippen molar-refractivity contribution in [3.63, 3.8) is 0 Å². The van der Waals surface area contributed by atoms with Gasteiger partial charge in [0.2, 0.25) is 5.91 Å². The van der Waals surface area contributed by atoms with Crippen LogP contribution in [0.1, 0.15) is 438 Å². The van der Waals surface area contributed by atoms with Crippen LogP contribution in [0.15, 0.2) is 12.2 Å². The molecule has 0 aliphatic carbocycles. The number of hydrogen-bond donors (Lipinski definition) is 3. The van der Waals surface area contributed by atoms with Gasteiger partial charge in [-0.25, -0.2) is 0 Å². The Kier molecular flexibility index (Phi) is 70.8. The van der Waals surface area contributed by atoms with Crippen molar-refractivity contribution in [1.29, 1.82) is 0 Å². The number of nitrogens with one attached hydrogen (secondary N) is 1. The predicted molar refractivity (Wildman–Crippen MR) is 361 cm³/mol. The molecule has 0 aromatic heterocycles. The van der Waals surface area contributed by atoms with Crippen molar-refractivity contribution in [2.24, 2.45) is 0 Å². The second kappa shape index (κ2) is 72.1. The number of carbonyl (C=O) groups excluding carboxylic acids is 2. The highest BCUT2D eigenvalue weighted by Gasteiger charge is 2.20. The Morgan fingerprint density at radius 2 is 0.573 bits per heavy atom. The topological polar surface area (TPSA) is 95.9 Å². The summed E-state index contributed by atoms with van der Waals surface area (Å²) in [6.07, 6.45) is 90.1. The van der Waals surface area contributed by atoms with E-state index in [1.54, 1.807) is 0 Å². The number of allylic oxidation sites excluding steroid dienone is 2. The second-order valence-electron chi connectivity index (χ2n) is 26.3. The molecule has 82 heavy (non-hydrogen) atoms. The fraction of sp³-hybridized carbons (Fsp3) is 0.947. The molecule has 0 aromatic carbocycles. The number of esters is 1. The van der Waals surface area contributed by atoms with E-state index in [2.05, 4.69) is 31.3 Å². The van der Waals surface area contributed by atoms with Crippen LogP contribution in [0.2, 0.25) is 0 Å². The van der Waals surface area contributed by atoms with Crippen LogP contribution in [-0.4, -0.2) is 47.4 Å². The van der Waals surface area contributed by atoms with Crippen LogP contribution < -0.4 is 5.32 Å². The SMILES string of the molecule is CCCCCCC/C=C\CCCCCCCC(=O)OCCCCCCCCCCCCCCCCCCCCCCCCCCCCCCCCCCCC(=O)NC(CO)C(O)CCCCCCCCCCCCCCCCCCCC. The number of hydrogen-bond acceptors (Lipinski definition) is 5. The number of amides is 1. The number of aliphatic hydroxyl groups is 2. The minimum atomic E-state index is -0.661. The van der Waals surface area contributed by atoms with Crippen LogP contribution in [-0.2, 0) is 14.3 Å². The van der Waals surface area contributed by atoms with E-state index >= 15 is 0 Å². The summed E-state index contributed by atoms with van der Waals surface area (Å²) in [6, 6.07) is -0.537. The molecule has 0 heterocycles. The molecule has 0 saturated heterocycles. The molecule has 0 radical (unpaired) electrons. The number of aliphatic hydroxyl groups excluding tert-OH is 2. The highest BCUT2D eigenvalue weighted by molar-refractivity contribution is 5.76.